The fraction of sp³-hybridized carbons (Fsp3) is 0.667. The number of ketones is 1. The zero-order valence-electron chi connectivity index (χ0n) is 12.8. The Labute approximate surface area is 124 Å². The van der Waals surface area contributed by atoms with Crippen LogP contribution in [0, 0.1) is 5.41 Å². The summed E-state index contributed by atoms with van der Waals surface area (Å²) in [6, 6.07) is 0. The molecule has 0 spiro atoms. The first kappa shape index (κ1) is 17.4. The molecule has 0 radical (unpaired) electrons. The van der Waals surface area contributed by atoms with Gasteiger partial charge in [0.25, 0.3) is 0 Å². The maximum absolute atomic E-state index is 12.3. The second-order valence-corrected chi connectivity index (χ2v) is 5.89. The molecule has 118 valence electrons. The summed E-state index contributed by atoms with van der Waals surface area (Å²) in [5, 5.41) is 19.0. The molecule has 0 bridgehead atoms. The maximum Gasteiger partial charge on any atom is 0.305 e. The summed E-state index contributed by atoms with van der Waals surface area (Å²) in [5.74, 6) is -0.748. The van der Waals surface area contributed by atoms with E-state index in [1.54, 1.807) is 0 Å². The van der Waals surface area contributed by atoms with Crippen LogP contribution in [0.15, 0.2) is 16.3 Å². The molecule has 0 aromatic carbocycles. The predicted octanol–water partition coefficient (Wildman–Crippen LogP) is 1.57. The Bertz CT molecular complexity index is 476. The molecular weight excluding hydrogens is 274 g/mol. The van der Waals surface area contributed by atoms with Crippen LogP contribution in [0.25, 0.3) is 0 Å². The van der Waals surface area contributed by atoms with Crippen LogP contribution in [-0.2, 0) is 14.3 Å². The molecule has 1 fully saturated rings. The minimum absolute atomic E-state index is 0.00971. The topological polar surface area (TPSA) is 96.2 Å². The quantitative estimate of drug-likeness (QED) is 0.456. The highest BCUT2D eigenvalue weighted by molar-refractivity contribution is 6.24. The van der Waals surface area contributed by atoms with Crippen molar-refractivity contribution in [3.05, 3.63) is 11.3 Å². The lowest BCUT2D eigenvalue weighted by atomic mass is 9.73. The minimum Gasteiger partial charge on any atom is -0.511 e. The maximum atomic E-state index is 12.3. The second kappa shape index (κ2) is 7.36. The van der Waals surface area contributed by atoms with Gasteiger partial charge in [0.2, 0.25) is 0 Å². The van der Waals surface area contributed by atoms with E-state index in [-0.39, 0.29) is 48.5 Å². The number of methoxy groups -OCH3 is 1. The van der Waals surface area contributed by atoms with Gasteiger partial charge in [0.15, 0.2) is 5.78 Å². The zero-order chi connectivity index (χ0) is 16.0. The Morgan fingerprint density at radius 2 is 2.00 bits per heavy atom. The lowest BCUT2D eigenvalue weighted by Gasteiger charge is -2.31. The molecule has 0 unspecified atom stereocenters. The summed E-state index contributed by atoms with van der Waals surface area (Å²) in [4.78, 5) is 27.6. The molecule has 0 atom stereocenters. The van der Waals surface area contributed by atoms with Crippen molar-refractivity contribution >= 4 is 17.5 Å². The predicted molar refractivity (Wildman–Crippen MR) is 78.3 cm³/mol. The summed E-state index contributed by atoms with van der Waals surface area (Å²) in [5.41, 5.74) is 0.483. The van der Waals surface area contributed by atoms with Crippen LogP contribution in [0.2, 0.25) is 0 Å². The minimum atomic E-state index is -0.445. The molecule has 0 aromatic heterocycles. The number of rotatable bonds is 5. The summed E-state index contributed by atoms with van der Waals surface area (Å²) in [7, 11) is 1.27. The first-order valence-corrected chi connectivity index (χ1v) is 6.97. The molecule has 0 saturated heterocycles. The van der Waals surface area contributed by atoms with Gasteiger partial charge in [0, 0.05) is 18.6 Å². The Kier molecular flexibility index (Phi) is 6.08. The van der Waals surface area contributed by atoms with E-state index in [9.17, 15) is 14.7 Å². The lowest BCUT2D eigenvalue weighted by Crippen LogP contribution is -2.33. The van der Waals surface area contributed by atoms with Crippen molar-refractivity contribution in [2.75, 3.05) is 20.3 Å². The third-order valence-corrected chi connectivity index (χ3v) is 3.34. The second-order valence-electron chi connectivity index (χ2n) is 5.89. The first-order valence-electron chi connectivity index (χ1n) is 6.97. The number of carbonyl (C=O) groups excluding carboxylic acids is 2. The van der Waals surface area contributed by atoms with Crippen LogP contribution in [0.4, 0.5) is 0 Å². The molecule has 6 nitrogen and oxygen atoms in total. The SMILES string of the molecule is COC(=O)CC/C(O)=C1\C(=O)CC(C)(C)CC1=NCCO. The van der Waals surface area contributed by atoms with Gasteiger partial charge >= 0.3 is 5.97 Å². The van der Waals surface area contributed by atoms with Gasteiger partial charge in [-0.05, 0) is 11.8 Å². The van der Waals surface area contributed by atoms with Gasteiger partial charge in [0.1, 0.15) is 5.76 Å². The van der Waals surface area contributed by atoms with E-state index < -0.39 is 5.97 Å². The number of aliphatic imine (C=N–C) groups is 1. The third-order valence-electron chi connectivity index (χ3n) is 3.34. The number of aliphatic hydroxyl groups excluding tert-OH is 2. The molecule has 2 N–H and O–H groups in total. The summed E-state index contributed by atoms with van der Waals surface area (Å²) < 4.78 is 4.52. The Morgan fingerprint density at radius 1 is 1.33 bits per heavy atom. The Balaban J connectivity index is 3.03. The average Bonchev–Trinajstić information content (AvgIpc) is 2.40. The molecule has 0 heterocycles. The first-order chi connectivity index (χ1) is 9.80. The number of hydrogen-bond acceptors (Lipinski definition) is 6. The average molecular weight is 297 g/mol. The van der Waals surface area contributed by atoms with Crippen molar-refractivity contribution in [2.24, 2.45) is 10.4 Å². The van der Waals surface area contributed by atoms with Gasteiger partial charge in [-0.15, -0.1) is 0 Å². The molecule has 6 heteroatoms. The number of esters is 1. The number of nitrogens with zero attached hydrogens (tertiary/aromatic N) is 1. The summed E-state index contributed by atoms with van der Waals surface area (Å²) in [6.07, 6.45) is 0.932. The summed E-state index contributed by atoms with van der Waals surface area (Å²) >= 11 is 0. The number of allylic oxidation sites excluding steroid dienone is 2. The van der Waals surface area contributed by atoms with Crippen molar-refractivity contribution in [3.8, 4) is 0 Å². The van der Waals surface area contributed by atoms with Crippen LogP contribution < -0.4 is 0 Å². The van der Waals surface area contributed by atoms with Crippen molar-refractivity contribution in [2.45, 2.75) is 39.5 Å². The molecule has 21 heavy (non-hydrogen) atoms. The van der Waals surface area contributed by atoms with E-state index >= 15 is 0 Å². The van der Waals surface area contributed by atoms with Gasteiger partial charge in [-0.25, -0.2) is 0 Å². The standard InChI is InChI=1S/C15H23NO5/c1-15(2)8-10(16-6-7-17)14(12(19)9-15)11(18)4-5-13(20)21-3/h17-18H,4-9H2,1-3H3/b14-11+,16-10?. The van der Waals surface area contributed by atoms with Gasteiger partial charge in [-0.3, -0.25) is 14.6 Å². The fourth-order valence-corrected chi connectivity index (χ4v) is 2.38. The van der Waals surface area contributed by atoms with Crippen molar-refractivity contribution in [3.63, 3.8) is 0 Å². The molecule has 0 amide bonds. The van der Waals surface area contributed by atoms with Crippen molar-refractivity contribution in [1.29, 1.82) is 0 Å². The molecule has 1 saturated carbocycles. The van der Waals surface area contributed by atoms with Crippen LogP contribution in [0.1, 0.15) is 39.5 Å². The molecule has 0 aliphatic heterocycles. The van der Waals surface area contributed by atoms with E-state index in [2.05, 4.69) is 9.73 Å². The van der Waals surface area contributed by atoms with Crippen molar-refractivity contribution < 1.29 is 24.5 Å². The van der Waals surface area contributed by atoms with Gasteiger partial charge < -0.3 is 14.9 Å². The van der Waals surface area contributed by atoms with E-state index in [1.807, 2.05) is 13.8 Å². The van der Waals surface area contributed by atoms with Crippen molar-refractivity contribution in [1.82, 2.24) is 0 Å². The Morgan fingerprint density at radius 3 is 2.57 bits per heavy atom. The molecule has 1 aliphatic rings. The Hall–Kier alpha value is -1.69. The lowest BCUT2D eigenvalue weighted by molar-refractivity contribution is -0.140. The van der Waals surface area contributed by atoms with Gasteiger partial charge in [-0.1, -0.05) is 13.8 Å². The highest BCUT2D eigenvalue weighted by Crippen LogP contribution is 2.35. The van der Waals surface area contributed by atoms with Gasteiger partial charge in [-0.2, -0.15) is 0 Å². The normalized spacial score (nSPS) is 22.3. The highest BCUT2D eigenvalue weighted by atomic mass is 16.5. The molecular formula is C15H23NO5. The summed E-state index contributed by atoms with van der Waals surface area (Å²) in [6.45, 7) is 3.99. The molecule has 1 aliphatic carbocycles. The third kappa shape index (κ3) is 4.97. The largest absolute Gasteiger partial charge is 0.511 e. The van der Waals surface area contributed by atoms with Crippen LogP contribution in [-0.4, -0.2) is 47.9 Å². The van der Waals surface area contributed by atoms with Crippen LogP contribution >= 0.6 is 0 Å². The van der Waals surface area contributed by atoms with Gasteiger partial charge in [0.05, 0.1) is 32.3 Å². The number of carbonyl (C=O) groups is 2. The number of hydrogen-bond donors (Lipinski definition) is 2. The highest BCUT2D eigenvalue weighted by Gasteiger charge is 2.36. The molecule has 1 rings (SSSR count). The smallest absolute Gasteiger partial charge is 0.305 e. The number of aliphatic hydroxyl groups is 2. The monoisotopic (exact) mass is 297 g/mol. The zero-order valence-corrected chi connectivity index (χ0v) is 12.8. The molecule has 0 aromatic rings. The van der Waals surface area contributed by atoms with E-state index in [1.165, 1.54) is 7.11 Å². The number of Topliss-reactive ketones (excluding diaryl/α,β-unsaturated/α-hetero) is 1. The van der Waals surface area contributed by atoms with E-state index in [0.29, 0.717) is 18.6 Å². The number of ether oxygens (including phenoxy) is 1. The van der Waals surface area contributed by atoms with Crippen LogP contribution in [0.3, 0.4) is 0 Å². The fourth-order valence-electron chi connectivity index (χ4n) is 2.38. The van der Waals surface area contributed by atoms with E-state index in [4.69, 9.17) is 5.11 Å². The van der Waals surface area contributed by atoms with Crippen LogP contribution in [0.5, 0.6) is 0 Å². The van der Waals surface area contributed by atoms with E-state index in [0.717, 1.165) is 0 Å².